The van der Waals surface area contributed by atoms with Crippen molar-refractivity contribution in [3.05, 3.63) is 198 Å². The van der Waals surface area contributed by atoms with Crippen LogP contribution in [0.3, 0.4) is 0 Å². The molecule has 0 amide bonds. The summed E-state index contributed by atoms with van der Waals surface area (Å²) in [7, 11) is 0. The Morgan fingerprint density at radius 3 is 1.68 bits per heavy atom. The standard InChI is InChI=1S/C58H51N/c1-57(2)53-21-13-11-19-49(53)51-37-45(32-35-54(51)57)59(44-30-26-41(27-31-44)40-24-22-39(23-25-40)38-14-6-5-7-15-38)56-46-17-9-8-16-42(46)28-33-47(56)43-29-34-50-48-18-10-12-20-52(48)58(3,4)55(50)36-43/h8-13,16-38H,5-7,14-15H2,1-4H3. The van der Waals surface area contributed by atoms with Crippen molar-refractivity contribution in [3.63, 3.8) is 0 Å². The molecule has 59 heavy (non-hydrogen) atoms. The van der Waals surface area contributed by atoms with Crippen LogP contribution in [-0.2, 0) is 10.8 Å². The van der Waals surface area contributed by atoms with Gasteiger partial charge in [0.05, 0.1) is 5.69 Å². The number of hydrogen-bond acceptors (Lipinski definition) is 1. The SMILES string of the molecule is CC1(C)c2ccccc2-c2cc(N(c3ccc(-c4ccc(C5CCCCC5)cc4)cc3)c3c(-c4ccc5c(c4)C(C)(C)c4ccccc4-5)ccc4ccccc34)ccc21. The van der Waals surface area contributed by atoms with Crippen molar-refractivity contribution in [2.75, 3.05) is 4.90 Å². The largest absolute Gasteiger partial charge is 0.309 e. The highest BCUT2D eigenvalue weighted by atomic mass is 15.1. The van der Waals surface area contributed by atoms with Gasteiger partial charge in [0.1, 0.15) is 0 Å². The summed E-state index contributed by atoms with van der Waals surface area (Å²) in [6.07, 6.45) is 6.74. The molecule has 0 atom stereocenters. The van der Waals surface area contributed by atoms with E-state index in [4.69, 9.17) is 0 Å². The van der Waals surface area contributed by atoms with E-state index in [1.807, 2.05) is 0 Å². The Labute approximate surface area is 350 Å². The molecular formula is C58H51N. The summed E-state index contributed by atoms with van der Waals surface area (Å²) >= 11 is 0. The lowest BCUT2D eigenvalue weighted by Crippen LogP contribution is -2.16. The summed E-state index contributed by atoms with van der Waals surface area (Å²) < 4.78 is 0. The molecule has 8 aromatic rings. The Kier molecular flexibility index (Phi) is 8.35. The molecule has 1 heteroatoms. The maximum absolute atomic E-state index is 2.54. The van der Waals surface area contributed by atoms with Crippen LogP contribution in [-0.4, -0.2) is 0 Å². The second-order valence-electron chi connectivity index (χ2n) is 18.4. The smallest absolute Gasteiger partial charge is 0.0618 e. The van der Waals surface area contributed by atoms with Gasteiger partial charge in [0, 0.05) is 33.2 Å². The van der Waals surface area contributed by atoms with Crippen LogP contribution in [0, 0.1) is 0 Å². The van der Waals surface area contributed by atoms with Crippen molar-refractivity contribution in [1.82, 2.24) is 0 Å². The highest BCUT2D eigenvalue weighted by Gasteiger charge is 2.37. The van der Waals surface area contributed by atoms with Gasteiger partial charge in [-0.3, -0.25) is 0 Å². The summed E-state index contributed by atoms with van der Waals surface area (Å²) in [5.74, 6) is 0.709. The van der Waals surface area contributed by atoms with Crippen LogP contribution in [0.5, 0.6) is 0 Å². The van der Waals surface area contributed by atoms with Gasteiger partial charge >= 0.3 is 0 Å². The monoisotopic (exact) mass is 761 g/mol. The summed E-state index contributed by atoms with van der Waals surface area (Å²) in [5, 5.41) is 2.46. The quantitative estimate of drug-likeness (QED) is 0.163. The second-order valence-corrected chi connectivity index (χ2v) is 18.4. The molecule has 1 saturated carbocycles. The third kappa shape index (κ3) is 5.73. The molecule has 0 radical (unpaired) electrons. The first kappa shape index (κ1) is 35.9. The molecule has 1 fully saturated rings. The van der Waals surface area contributed by atoms with Gasteiger partial charge in [0.2, 0.25) is 0 Å². The van der Waals surface area contributed by atoms with Crippen molar-refractivity contribution in [1.29, 1.82) is 0 Å². The minimum Gasteiger partial charge on any atom is -0.309 e. The fourth-order valence-corrected chi connectivity index (χ4v) is 11.0. The van der Waals surface area contributed by atoms with Crippen molar-refractivity contribution in [2.45, 2.75) is 76.5 Å². The summed E-state index contributed by atoms with van der Waals surface area (Å²) in [5.41, 5.74) is 20.7. The van der Waals surface area contributed by atoms with E-state index >= 15 is 0 Å². The van der Waals surface area contributed by atoms with Crippen molar-refractivity contribution in [3.8, 4) is 44.5 Å². The van der Waals surface area contributed by atoms with Crippen LogP contribution in [0.2, 0.25) is 0 Å². The first-order chi connectivity index (χ1) is 28.8. The van der Waals surface area contributed by atoms with Crippen LogP contribution in [0.15, 0.2) is 170 Å². The molecule has 11 rings (SSSR count). The van der Waals surface area contributed by atoms with E-state index in [0.717, 1.165) is 11.4 Å². The van der Waals surface area contributed by atoms with Gasteiger partial charge in [-0.1, -0.05) is 186 Å². The van der Waals surface area contributed by atoms with Gasteiger partial charge in [-0.05, 0) is 121 Å². The van der Waals surface area contributed by atoms with E-state index in [-0.39, 0.29) is 10.8 Å². The summed E-state index contributed by atoms with van der Waals surface area (Å²) in [6, 6.07) is 64.7. The normalized spacial score (nSPS) is 16.0. The van der Waals surface area contributed by atoms with Gasteiger partial charge in [-0.15, -0.1) is 0 Å². The summed E-state index contributed by atoms with van der Waals surface area (Å²) in [4.78, 5) is 2.54. The molecule has 0 aliphatic heterocycles. The zero-order valence-electron chi connectivity index (χ0n) is 34.7. The molecule has 1 nitrogen and oxygen atoms in total. The van der Waals surface area contributed by atoms with Gasteiger partial charge in [-0.25, -0.2) is 0 Å². The molecular weight excluding hydrogens is 711 g/mol. The molecule has 0 N–H and O–H groups in total. The average Bonchev–Trinajstić information content (AvgIpc) is 3.66. The van der Waals surface area contributed by atoms with E-state index in [1.54, 1.807) is 0 Å². The number of benzene rings is 8. The highest BCUT2D eigenvalue weighted by Crippen LogP contribution is 2.54. The van der Waals surface area contributed by atoms with E-state index in [0.29, 0.717) is 5.92 Å². The Balaban J connectivity index is 1.10. The van der Waals surface area contributed by atoms with Gasteiger partial charge in [-0.2, -0.15) is 0 Å². The lowest BCUT2D eigenvalue weighted by Gasteiger charge is -2.31. The third-order valence-corrected chi connectivity index (χ3v) is 14.3. The number of fused-ring (bicyclic) bond motifs is 7. The molecule has 8 aromatic carbocycles. The molecule has 3 aliphatic carbocycles. The number of nitrogens with zero attached hydrogens (tertiary/aromatic N) is 1. The topological polar surface area (TPSA) is 3.24 Å². The number of rotatable bonds is 6. The minimum atomic E-state index is -0.0940. The van der Waals surface area contributed by atoms with Gasteiger partial charge in [0.25, 0.3) is 0 Å². The van der Waals surface area contributed by atoms with Crippen LogP contribution < -0.4 is 4.90 Å². The van der Waals surface area contributed by atoms with Crippen LogP contribution in [0.4, 0.5) is 17.1 Å². The average molecular weight is 762 g/mol. The van der Waals surface area contributed by atoms with Gasteiger partial charge < -0.3 is 4.90 Å². The Morgan fingerprint density at radius 2 is 0.949 bits per heavy atom. The van der Waals surface area contributed by atoms with Crippen molar-refractivity contribution in [2.24, 2.45) is 0 Å². The highest BCUT2D eigenvalue weighted by molar-refractivity contribution is 6.07. The fraction of sp³-hybridized carbons (Fsp3) is 0.207. The molecule has 0 saturated heterocycles. The molecule has 3 aliphatic rings. The lowest BCUT2D eigenvalue weighted by atomic mass is 9.81. The Morgan fingerprint density at radius 1 is 0.407 bits per heavy atom. The van der Waals surface area contributed by atoms with E-state index in [9.17, 15) is 0 Å². The first-order valence-corrected chi connectivity index (χ1v) is 21.8. The lowest BCUT2D eigenvalue weighted by molar-refractivity contribution is 0.443. The first-order valence-electron chi connectivity index (χ1n) is 21.8. The predicted molar refractivity (Wildman–Crippen MR) is 250 cm³/mol. The van der Waals surface area contributed by atoms with Crippen LogP contribution in [0.25, 0.3) is 55.3 Å². The second kappa shape index (κ2) is 13.7. The number of hydrogen-bond donors (Lipinski definition) is 0. The van der Waals surface area contributed by atoms with E-state index in [1.165, 1.54) is 121 Å². The fourth-order valence-electron chi connectivity index (χ4n) is 11.0. The van der Waals surface area contributed by atoms with Crippen molar-refractivity contribution >= 4 is 27.8 Å². The Bertz CT molecular complexity index is 2900. The molecule has 0 unspecified atom stereocenters. The van der Waals surface area contributed by atoms with Crippen molar-refractivity contribution < 1.29 is 0 Å². The van der Waals surface area contributed by atoms with E-state index in [2.05, 4.69) is 202 Å². The summed E-state index contributed by atoms with van der Waals surface area (Å²) in [6.45, 7) is 9.49. The third-order valence-electron chi connectivity index (χ3n) is 14.3. The molecule has 0 spiro atoms. The maximum Gasteiger partial charge on any atom is 0.0618 e. The van der Waals surface area contributed by atoms with Gasteiger partial charge in [0.15, 0.2) is 0 Å². The zero-order valence-corrected chi connectivity index (χ0v) is 34.7. The zero-order chi connectivity index (χ0) is 39.9. The van der Waals surface area contributed by atoms with E-state index < -0.39 is 0 Å². The Hall–Kier alpha value is -6.18. The molecule has 0 bridgehead atoms. The minimum absolute atomic E-state index is 0.0666. The van der Waals surface area contributed by atoms with Crippen LogP contribution >= 0.6 is 0 Å². The molecule has 0 aromatic heterocycles. The molecule has 0 heterocycles. The molecule has 288 valence electrons. The maximum atomic E-state index is 2.54. The van der Waals surface area contributed by atoms with Crippen LogP contribution in [0.1, 0.15) is 93.5 Å². The predicted octanol–water partition coefficient (Wildman–Crippen LogP) is 16.3. The number of anilines is 3.